The van der Waals surface area contributed by atoms with Crippen LogP contribution >= 0.6 is 34.9 Å². The fourth-order valence-electron chi connectivity index (χ4n) is 4.08. The number of anilines is 2. The van der Waals surface area contributed by atoms with E-state index >= 15 is 0 Å². The molecule has 0 aliphatic carbocycles. The van der Waals surface area contributed by atoms with Gasteiger partial charge in [0.2, 0.25) is 4.33 Å². The molecule has 2 aliphatic rings. The predicted octanol–water partition coefficient (Wildman–Crippen LogP) is 7.76. The second kappa shape index (κ2) is 9.85. The monoisotopic (exact) mass is 523 g/mol. The second-order valence-corrected chi connectivity index (χ2v) is 11.7. The number of para-hydroxylation sites is 2. The van der Waals surface area contributed by atoms with Crippen molar-refractivity contribution in [1.29, 1.82) is 0 Å². The fraction of sp³-hybridized carbons (Fsp3) is 0.0345. The number of hydrazone groups is 1. The Morgan fingerprint density at radius 2 is 1.39 bits per heavy atom. The first-order valence-electron chi connectivity index (χ1n) is 11.4. The zero-order valence-electron chi connectivity index (χ0n) is 19.1. The minimum atomic E-state index is -0.834. The van der Waals surface area contributed by atoms with Gasteiger partial charge in [-0.3, -0.25) is 9.69 Å². The summed E-state index contributed by atoms with van der Waals surface area (Å²) >= 11 is 4.75. The molecule has 1 saturated heterocycles. The molecule has 3 aromatic carbocycles. The van der Waals surface area contributed by atoms with E-state index in [9.17, 15) is 4.79 Å². The summed E-state index contributed by atoms with van der Waals surface area (Å²) in [6.07, 6.45) is 6.08. The summed E-state index contributed by atoms with van der Waals surface area (Å²) in [4.78, 5) is 17.6. The highest BCUT2D eigenvalue weighted by Crippen LogP contribution is 2.59. The molecule has 1 aromatic heterocycles. The number of carbonyl (C=O) groups excluding carboxylic acids is 1. The molecule has 7 heteroatoms. The normalized spacial score (nSPS) is 20.7. The second-order valence-electron chi connectivity index (χ2n) is 8.08. The standard InChI is InChI=1S/C29H21N3OS3/c33-28-26(21-25-17-10-20-34-25)35-29(31(28)23-13-6-2-7-14-23)32(24-15-8-3-9-16-24)30-27(36-29)19-18-22-11-4-1-5-12-22/h1-21H. The van der Waals surface area contributed by atoms with E-state index in [1.807, 2.05) is 118 Å². The molecule has 1 unspecified atom stereocenters. The Morgan fingerprint density at radius 3 is 2.06 bits per heavy atom. The van der Waals surface area contributed by atoms with Crippen molar-refractivity contribution in [2.75, 3.05) is 9.91 Å². The lowest BCUT2D eigenvalue weighted by Gasteiger charge is -2.38. The van der Waals surface area contributed by atoms with Crippen LogP contribution < -0.4 is 9.91 Å². The number of amides is 1. The molecule has 1 fully saturated rings. The number of carbonyl (C=O) groups is 1. The summed E-state index contributed by atoms with van der Waals surface area (Å²) in [5, 5.41) is 9.88. The van der Waals surface area contributed by atoms with Gasteiger partial charge >= 0.3 is 0 Å². The van der Waals surface area contributed by atoms with Crippen molar-refractivity contribution in [2.45, 2.75) is 4.33 Å². The van der Waals surface area contributed by atoms with E-state index in [1.165, 1.54) is 0 Å². The van der Waals surface area contributed by atoms with Gasteiger partial charge in [-0.1, -0.05) is 90.6 Å². The van der Waals surface area contributed by atoms with Gasteiger partial charge in [0.25, 0.3) is 5.91 Å². The van der Waals surface area contributed by atoms with Gasteiger partial charge in [-0.2, -0.15) is 5.10 Å². The van der Waals surface area contributed by atoms with Crippen molar-refractivity contribution in [2.24, 2.45) is 5.10 Å². The van der Waals surface area contributed by atoms with Crippen LogP contribution in [-0.4, -0.2) is 15.3 Å². The smallest absolute Gasteiger partial charge is 0.268 e. The Hall–Kier alpha value is -3.52. The van der Waals surface area contributed by atoms with Crippen LogP contribution in [0.1, 0.15) is 10.4 Å². The lowest BCUT2D eigenvalue weighted by Crippen LogP contribution is -2.51. The summed E-state index contributed by atoms with van der Waals surface area (Å²) < 4.78 is -0.834. The van der Waals surface area contributed by atoms with E-state index in [2.05, 4.69) is 18.2 Å². The van der Waals surface area contributed by atoms with Crippen LogP contribution in [0.15, 0.2) is 125 Å². The molecule has 6 rings (SSSR count). The zero-order valence-corrected chi connectivity index (χ0v) is 21.5. The van der Waals surface area contributed by atoms with Gasteiger partial charge in [0.05, 0.1) is 10.6 Å². The lowest BCUT2D eigenvalue weighted by atomic mass is 10.2. The van der Waals surface area contributed by atoms with Crippen molar-refractivity contribution in [1.82, 2.24) is 0 Å². The van der Waals surface area contributed by atoms with E-state index in [-0.39, 0.29) is 5.91 Å². The van der Waals surface area contributed by atoms with E-state index in [1.54, 1.807) is 34.9 Å². The molecular weight excluding hydrogens is 503 g/mol. The van der Waals surface area contributed by atoms with Crippen LogP contribution in [0.2, 0.25) is 0 Å². The Labute approximate surface area is 222 Å². The van der Waals surface area contributed by atoms with E-state index in [0.717, 1.165) is 26.9 Å². The van der Waals surface area contributed by atoms with Gasteiger partial charge in [-0.05, 0) is 65.2 Å². The van der Waals surface area contributed by atoms with Gasteiger partial charge < -0.3 is 0 Å². The van der Waals surface area contributed by atoms with E-state index in [4.69, 9.17) is 5.10 Å². The van der Waals surface area contributed by atoms with Gasteiger partial charge in [0.15, 0.2) is 0 Å². The Kier molecular flexibility index (Phi) is 6.27. The third-order valence-electron chi connectivity index (χ3n) is 5.69. The molecule has 1 amide bonds. The van der Waals surface area contributed by atoms with Crippen LogP contribution in [0.4, 0.5) is 11.4 Å². The summed E-state index contributed by atoms with van der Waals surface area (Å²) in [6, 6.07) is 34.1. The number of rotatable bonds is 5. The molecule has 3 heterocycles. The molecule has 176 valence electrons. The first kappa shape index (κ1) is 22.9. The van der Waals surface area contributed by atoms with Crippen molar-refractivity contribution >= 4 is 69.3 Å². The Morgan fingerprint density at radius 1 is 0.722 bits per heavy atom. The van der Waals surface area contributed by atoms with E-state index < -0.39 is 4.33 Å². The Bertz CT molecular complexity index is 1450. The van der Waals surface area contributed by atoms with Crippen LogP contribution in [0.3, 0.4) is 0 Å². The van der Waals surface area contributed by atoms with Crippen LogP contribution in [0.25, 0.3) is 12.2 Å². The third kappa shape index (κ3) is 4.30. The zero-order chi connectivity index (χ0) is 24.4. The maximum Gasteiger partial charge on any atom is 0.268 e. The first-order valence-corrected chi connectivity index (χ1v) is 13.9. The molecule has 4 nitrogen and oxygen atoms in total. The largest absolute Gasteiger partial charge is 0.268 e. The number of thioether (sulfide) groups is 2. The van der Waals surface area contributed by atoms with E-state index in [0.29, 0.717) is 4.91 Å². The predicted molar refractivity (Wildman–Crippen MR) is 156 cm³/mol. The van der Waals surface area contributed by atoms with Crippen LogP contribution in [0, 0.1) is 0 Å². The average molecular weight is 524 g/mol. The summed E-state index contributed by atoms with van der Waals surface area (Å²) in [7, 11) is 0. The molecule has 0 N–H and O–H groups in total. The summed E-state index contributed by atoms with van der Waals surface area (Å²) in [6.45, 7) is 0. The molecule has 2 aliphatic heterocycles. The van der Waals surface area contributed by atoms with Gasteiger partial charge in [0.1, 0.15) is 5.04 Å². The van der Waals surface area contributed by atoms with Crippen molar-refractivity contribution in [3.63, 3.8) is 0 Å². The maximum atomic E-state index is 14.0. The van der Waals surface area contributed by atoms with Crippen molar-refractivity contribution in [3.05, 3.63) is 130 Å². The van der Waals surface area contributed by atoms with Crippen LogP contribution in [-0.2, 0) is 4.79 Å². The number of thiophene rings is 1. The third-order valence-corrected chi connectivity index (χ3v) is 9.19. The highest BCUT2D eigenvalue weighted by atomic mass is 32.2. The molecule has 0 saturated carbocycles. The minimum absolute atomic E-state index is 0.0310. The average Bonchev–Trinajstić information content (AvgIpc) is 3.63. The quantitative estimate of drug-likeness (QED) is 0.251. The summed E-state index contributed by atoms with van der Waals surface area (Å²) in [5.74, 6) is -0.0310. The number of benzene rings is 3. The number of nitrogens with zero attached hydrogens (tertiary/aromatic N) is 3. The van der Waals surface area contributed by atoms with Crippen molar-refractivity contribution in [3.8, 4) is 0 Å². The maximum absolute atomic E-state index is 14.0. The Balaban J connectivity index is 1.47. The molecule has 4 aromatic rings. The highest BCUT2D eigenvalue weighted by Gasteiger charge is 2.58. The van der Waals surface area contributed by atoms with Gasteiger partial charge in [-0.15, -0.1) is 11.3 Å². The SMILES string of the molecule is O=C1C(=Cc2cccs2)SC2(SC(C=Cc3ccccc3)=NN2c2ccccc2)N1c1ccccc1. The summed E-state index contributed by atoms with van der Waals surface area (Å²) in [5.41, 5.74) is 2.86. The molecule has 0 radical (unpaired) electrons. The molecule has 1 atom stereocenters. The number of hydrogen-bond acceptors (Lipinski definition) is 6. The topological polar surface area (TPSA) is 35.9 Å². The number of hydrogen-bond donors (Lipinski definition) is 0. The lowest BCUT2D eigenvalue weighted by molar-refractivity contribution is -0.114. The molecule has 1 spiro atoms. The van der Waals surface area contributed by atoms with Gasteiger partial charge in [0, 0.05) is 10.6 Å². The molecule has 36 heavy (non-hydrogen) atoms. The minimum Gasteiger partial charge on any atom is -0.268 e. The van der Waals surface area contributed by atoms with Crippen LogP contribution in [0.5, 0.6) is 0 Å². The molecular formula is C29H21N3OS3. The van der Waals surface area contributed by atoms with Gasteiger partial charge in [-0.25, -0.2) is 5.01 Å². The molecule has 0 bridgehead atoms. The fourth-order valence-corrected chi connectivity index (χ4v) is 7.71. The first-order chi connectivity index (χ1) is 17.7. The van der Waals surface area contributed by atoms with Crippen molar-refractivity contribution < 1.29 is 4.79 Å². The highest BCUT2D eigenvalue weighted by molar-refractivity contribution is 8.28.